The molecule has 3 heterocycles. The molecule has 1 aliphatic heterocycles. The average molecular weight is 388 g/mol. The molecule has 0 bridgehead atoms. The smallest absolute Gasteiger partial charge is 0.281 e. The van der Waals surface area contributed by atoms with Crippen LogP contribution >= 0.6 is 0 Å². The molecule has 2 aromatic heterocycles. The molecule has 1 aromatic carbocycles. The molecule has 4 rings (SSSR count). The van der Waals surface area contributed by atoms with Gasteiger partial charge in [0, 0.05) is 19.0 Å². The Bertz CT molecular complexity index is 1120. The minimum atomic E-state index is -3.27. The van der Waals surface area contributed by atoms with Gasteiger partial charge in [-0.2, -0.15) is 0 Å². The highest BCUT2D eigenvalue weighted by molar-refractivity contribution is 7.88. The molecule has 1 atom stereocenters. The zero-order chi connectivity index (χ0) is 19.0. The lowest BCUT2D eigenvalue weighted by Crippen LogP contribution is -2.39. The van der Waals surface area contributed by atoms with Crippen LogP contribution in [0.2, 0.25) is 0 Å². The highest BCUT2D eigenvalue weighted by Gasteiger charge is 2.29. The van der Waals surface area contributed by atoms with Crippen molar-refractivity contribution in [3.05, 3.63) is 52.1 Å². The maximum absolute atomic E-state index is 12.4. The van der Waals surface area contributed by atoms with Gasteiger partial charge in [-0.1, -0.05) is 35.5 Å². The zero-order valence-corrected chi connectivity index (χ0v) is 15.7. The van der Waals surface area contributed by atoms with Crippen LogP contribution in [-0.2, 0) is 16.6 Å². The Kier molecular flexibility index (Phi) is 4.52. The van der Waals surface area contributed by atoms with E-state index in [9.17, 15) is 13.2 Å². The van der Waals surface area contributed by atoms with Gasteiger partial charge in [0.05, 0.1) is 12.8 Å². The zero-order valence-electron chi connectivity index (χ0n) is 14.9. The summed E-state index contributed by atoms with van der Waals surface area (Å²) in [6.45, 7) is 1.26. The predicted octanol–water partition coefficient (Wildman–Crippen LogP) is 0.702. The normalized spacial score (nSPS) is 18.8. The Labute approximate surface area is 156 Å². The van der Waals surface area contributed by atoms with Crippen LogP contribution in [0.5, 0.6) is 0 Å². The van der Waals surface area contributed by atoms with Crippen molar-refractivity contribution in [1.29, 1.82) is 0 Å². The van der Waals surface area contributed by atoms with Crippen LogP contribution in [0.25, 0.3) is 11.2 Å². The number of benzene rings is 1. The Morgan fingerprint density at radius 1 is 1.26 bits per heavy atom. The summed E-state index contributed by atoms with van der Waals surface area (Å²) in [7, 11) is -3.27. The molecule has 1 saturated heterocycles. The third kappa shape index (κ3) is 3.62. The molecule has 0 spiro atoms. The molecule has 1 aliphatic rings. The highest BCUT2D eigenvalue weighted by Crippen LogP contribution is 2.26. The van der Waals surface area contributed by atoms with Crippen molar-refractivity contribution in [3.63, 3.8) is 0 Å². The third-order valence-corrected chi connectivity index (χ3v) is 6.08. The minimum Gasteiger partial charge on any atom is -0.308 e. The fourth-order valence-corrected chi connectivity index (χ4v) is 4.32. The Hall–Kier alpha value is -2.59. The number of nitrogens with zero attached hydrogens (tertiary/aromatic N) is 5. The van der Waals surface area contributed by atoms with Crippen molar-refractivity contribution in [3.8, 4) is 0 Å². The molecule has 0 saturated carbocycles. The van der Waals surface area contributed by atoms with Gasteiger partial charge >= 0.3 is 0 Å². The summed E-state index contributed by atoms with van der Waals surface area (Å²) < 4.78 is 26.8. The third-order valence-electron chi connectivity index (χ3n) is 4.81. The second-order valence-corrected chi connectivity index (χ2v) is 8.80. The first kappa shape index (κ1) is 17.8. The number of hydrogen-bond acceptors (Lipinski definition) is 6. The van der Waals surface area contributed by atoms with Crippen LogP contribution < -0.4 is 5.56 Å². The molecule has 1 fully saturated rings. The van der Waals surface area contributed by atoms with E-state index in [1.807, 2.05) is 30.3 Å². The van der Waals surface area contributed by atoms with E-state index >= 15 is 0 Å². The summed E-state index contributed by atoms with van der Waals surface area (Å²) in [4.78, 5) is 19.8. The van der Waals surface area contributed by atoms with Gasteiger partial charge in [-0.05, 0) is 18.4 Å². The van der Waals surface area contributed by atoms with E-state index in [1.54, 1.807) is 4.68 Å². The van der Waals surface area contributed by atoms with Crippen molar-refractivity contribution < 1.29 is 8.42 Å². The summed E-state index contributed by atoms with van der Waals surface area (Å²) >= 11 is 0. The lowest BCUT2D eigenvalue weighted by atomic mass is 9.99. The lowest BCUT2D eigenvalue weighted by Gasteiger charge is -2.30. The topological polar surface area (TPSA) is 114 Å². The molecule has 27 heavy (non-hydrogen) atoms. The fourth-order valence-electron chi connectivity index (χ4n) is 3.41. The number of aromatic amines is 1. The van der Waals surface area contributed by atoms with Gasteiger partial charge in [0.1, 0.15) is 5.82 Å². The number of sulfonamides is 1. The van der Waals surface area contributed by atoms with Crippen LogP contribution in [0.3, 0.4) is 0 Å². The van der Waals surface area contributed by atoms with E-state index in [0.717, 1.165) is 18.4 Å². The van der Waals surface area contributed by atoms with Crippen molar-refractivity contribution >= 4 is 21.2 Å². The van der Waals surface area contributed by atoms with Crippen molar-refractivity contribution in [2.75, 3.05) is 19.3 Å². The van der Waals surface area contributed by atoms with Crippen LogP contribution in [0.15, 0.2) is 35.1 Å². The summed E-state index contributed by atoms with van der Waals surface area (Å²) in [6, 6.07) is 9.73. The molecule has 0 aliphatic carbocycles. The number of nitrogens with one attached hydrogen (secondary N) is 1. The van der Waals surface area contributed by atoms with Crippen molar-refractivity contribution in [2.45, 2.75) is 25.3 Å². The molecule has 1 N–H and O–H groups in total. The number of H-pyrrole nitrogens is 1. The van der Waals surface area contributed by atoms with E-state index in [0.29, 0.717) is 31.1 Å². The van der Waals surface area contributed by atoms with Gasteiger partial charge < -0.3 is 4.98 Å². The quantitative estimate of drug-likeness (QED) is 0.704. The second kappa shape index (κ2) is 6.86. The number of fused-ring (bicyclic) bond motifs is 1. The van der Waals surface area contributed by atoms with Crippen LogP contribution in [0.4, 0.5) is 0 Å². The van der Waals surface area contributed by atoms with Gasteiger partial charge in [-0.15, -0.1) is 5.10 Å². The standard InChI is InChI=1S/C17H20N6O3S/c1-27(25,26)22-9-5-8-13(11-22)15-18-16-14(17(24)19-15)20-21-23(16)10-12-6-3-2-4-7-12/h2-4,6-7,13H,5,8-11H2,1H3,(H,18,19,24). The van der Waals surface area contributed by atoms with E-state index in [1.165, 1.54) is 10.6 Å². The van der Waals surface area contributed by atoms with Gasteiger partial charge in [-0.25, -0.2) is 22.4 Å². The Morgan fingerprint density at radius 2 is 2.04 bits per heavy atom. The molecular weight excluding hydrogens is 368 g/mol. The SMILES string of the molecule is CS(=O)(=O)N1CCCC(c2nc3c(nnn3Cc3ccccc3)c(=O)[nH]2)C1. The molecule has 9 nitrogen and oxygen atoms in total. The summed E-state index contributed by atoms with van der Waals surface area (Å²) in [5.41, 5.74) is 1.26. The first-order valence-corrected chi connectivity index (χ1v) is 10.6. The largest absolute Gasteiger partial charge is 0.308 e. The maximum Gasteiger partial charge on any atom is 0.281 e. The highest BCUT2D eigenvalue weighted by atomic mass is 32.2. The van der Waals surface area contributed by atoms with Gasteiger partial charge in [-0.3, -0.25) is 4.79 Å². The molecule has 142 valence electrons. The monoisotopic (exact) mass is 388 g/mol. The molecule has 0 radical (unpaired) electrons. The van der Waals surface area contributed by atoms with E-state index in [2.05, 4.69) is 20.3 Å². The number of rotatable bonds is 4. The van der Waals surface area contributed by atoms with E-state index < -0.39 is 10.0 Å². The van der Waals surface area contributed by atoms with E-state index in [4.69, 9.17) is 0 Å². The number of piperidine rings is 1. The first-order valence-electron chi connectivity index (χ1n) is 8.74. The summed E-state index contributed by atoms with van der Waals surface area (Å²) in [6.07, 6.45) is 2.69. The second-order valence-electron chi connectivity index (χ2n) is 6.82. The molecule has 3 aromatic rings. The number of hydrogen-bond donors (Lipinski definition) is 1. The van der Waals surface area contributed by atoms with Crippen LogP contribution in [0, 0.1) is 0 Å². The fraction of sp³-hybridized carbons (Fsp3) is 0.412. The maximum atomic E-state index is 12.4. The van der Waals surface area contributed by atoms with E-state index in [-0.39, 0.29) is 17.0 Å². The van der Waals surface area contributed by atoms with Crippen molar-refractivity contribution in [1.82, 2.24) is 29.3 Å². The molecule has 0 amide bonds. The molecule has 1 unspecified atom stereocenters. The van der Waals surface area contributed by atoms with Gasteiger partial charge in [0.2, 0.25) is 10.0 Å². The summed E-state index contributed by atoms with van der Waals surface area (Å²) in [5.74, 6) is 0.322. The lowest BCUT2D eigenvalue weighted by molar-refractivity contribution is 0.311. The van der Waals surface area contributed by atoms with Gasteiger partial charge in [0.15, 0.2) is 11.2 Å². The van der Waals surface area contributed by atoms with Crippen molar-refractivity contribution in [2.24, 2.45) is 0 Å². The van der Waals surface area contributed by atoms with Crippen LogP contribution in [0.1, 0.15) is 30.1 Å². The Balaban J connectivity index is 1.70. The first-order chi connectivity index (χ1) is 12.9. The van der Waals surface area contributed by atoms with Gasteiger partial charge in [0.25, 0.3) is 5.56 Å². The van der Waals surface area contributed by atoms with Crippen LogP contribution in [-0.4, -0.2) is 57.0 Å². The summed E-state index contributed by atoms with van der Waals surface area (Å²) in [5, 5.41) is 8.02. The average Bonchev–Trinajstić information content (AvgIpc) is 3.05. The molecule has 10 heteroatoms. The number of aromatic nitrogens is 5. The predicted molar refractivity (Wildman–Crippen MR) is 99.9 cm³/mol. The molecular formula is C17H20N6O3S. The minimum absolute atomic E-state index is 0.161. The Morgan fingerprint density at radius 3 is 2.78 bits per heavy atom.